The molecule has 0 heterocycles. The van der Waals surface area contributed by atoms with E-state index in [-0.39, 0.29) is 28.3 Å². The van der Waals surface area contributed by atoms with Gasteiger partial charge in [0, 0.05) is 18.4 Å². The number of allylic oxidation sites excluding steroid dienone is 1. The Morgan fingerprint density at radius 3 is 2.32 bits per heavy atom. The fourth-order valence-corrected chi connectivity index (χ4v) is 3.02. The number of carbonyl (C=O) groups is 2. The van der Waals surface area contributed by atoms with E-state index in [2.05, 4.69) is 0 Å². The van der Waals surface area contributed by atoms with E-state index in [9.17, 15) is 14.7 Å². The minimum Gasteiger partial charge on any atom is -0.507 e. The molecule has 0 aromatic heterocycles. The maximum Gasteiger partial charge on any atom is 0.167 e. The van der Waals surface area contributed by atoms with Gasteiger partial charge in [-0.3, -0.25) is 9.59 Å². The SMILES string of the molecule is CC1(C)CC(=O)C(=Cc2c(O)ccc3ccccc23)C(=O)C1. The zero-order chi connectivity index (χ0) is 15.9. The fourth-order valence-electron chi connectivity index (χ4n) is 3.02. The number of ketones is 2. The van der Waals surface area contributed by atoms with E-state index in [1.54, 1.807) is 12.1 Å². The van der Waals surface area contributed by atoms with Crippen LogP contribution in [0.3, 0.4) is 0 Å². The molecule has 0 bridgehead atoms. The number of carbonyl (C=O) groups excluding carboxylic acids is 2. The third kappa shape index (κ3) is 2.54. The number of rotatable bonds is 1. The predicted molar refractivity (Wildman–Crippen MR) is 86.6 cm³/mol. The van der Waals surface area contributed by atoms with Gasteiger partial charge in [-0.05, 0) is 28.3 Å². The molecule has 3 nitrogen and oxygen atoms in total. The van der Waals surface area contributed by atoms with Gasteiger partial charge in [0.1, 0.15) is 5.75 Å². The number of fused-ring (bicyclic) bond motifs is 1. The Kier molecular flexibility index (Phi) is 3.36. The summed E-state index contributed by atoms with van der Waals surface area (Å²) in [6.45, 7) is 3.85. The van der Waals surface area contributed by atoms with Crippen molar-refractivity contribution in [3.8, 4) is 5.75 Å². The molecule has 0 amide bonds. The molecule has 0 aliphatic heterocycles. The molecule has 0 radical (unpaired) electrons. The number of hydrogen-bond acceptors (Lipinski definition) is 3. The average Bonchev–Trinajstić information content (AvgIpc) is 2.43. The highest BCUT2D eigenvalue weighted by molar-refractivity contribution is 6.25. The van der Waals surface area contributed by atoms with Gasteiger partial charge in [-0.2, -0.15) is 0 Å². The summed E-state index contributed by atoms with van der Waals surface area (Å²) in [7, 11) is 0. The summed E-state index contributed by atoms with van der Waals surface area (Å²) in [5, 5.41) is 11.9. The molecule has 2 aromatic rings. The van der Waals surface area contributed by atoms with Crippen LogP contribution in [0.25, 0.3) is 16.8 Å². The van der Waals surface area contributed by atoms with Crippen molar-refractivity contribution in [3.05, 3.63) is 47.5 Å². The van der Waals surface area contributed by atoms with Gasteiger partial charge in [0.05, 0.1) is 5.57 Å². The lowest BCUT2D eigenvalue weighted by Gasteiger charge is -2.28. The molecular formula is C19H18O3. The summed E-state index contributed by atoms with van der Waals surface area (Å²) in [6, 6.07) is 11.0. The Bertz CT molecular complexity index is 791. The summed E-state index contributed by atoms with van der Waals surface area (Å²) >= 11 is 0. The standard InChI is InChI=1S/C19H18O3/c1-19(2)10-17(21)15(18(22)11-19)9-14-13-6-4-3-5-12(13)7-8-16(14)20/h3-9,20H,10-11H2,1-2H3. The van der Waals surface area contributed by atoms with Crippen LogP contribution in [0.15, 0.2) is 42.0 Å². The number of benzene rings is 2. The summed E-state index contributed by atoms with van der Waals surface area (Å²) in [6.07, 6.45) is 2.27. The minimum absolute atomic E-state index is 0.0802. The van der Waals surface area contributed by atoms with Crippen LogP contribution in [0.1, 0.15) is 32.3 Å². The van der Waals surface area contributed by atoms with Crippen molar-refractivity contribution in [2.24, 2.45) is 5.41 Å². The average molecular weight is 294 g/mol. The van der Waals surface area contributed by atoms with Gasteiger partial charge in [0.15, 0.2) is 11.6 Å². The number of hydrogen-bond donors (Lipinski definition) is 1. The molecule has 2 aromatic carbocycles. The Morgan fingerprint density at radius 2 is 1.64 bits per heavy atom. The maximum absolute atomic E-state index is 12.3. The third-order valence-corrected chi connectivity index (χ3v) is 4.12. The first-order chi connectivity index (χ1) is 10.4. The second kappa shape index (κ2) is 5.09. The number of phenolic OH excluding ortho intramolecular Hbond substituents is 1. The molecular weight excluding hydrogens is 276 g/mol. The molecule has 0 unspecified atom stereocenters. The maximum atomic E-state index is 12.3. The normalized spacial score (nSPS) is 17.8. The first-order valence-corrected chi connectivity index (χ1v) is 7.36. The summed E-state index contributed by atoms with van der Waals surface area (Å²) in [5.41, 5.74) is 0.451. The van der Waals surface area contributed by atoms with E-state index in [4.69, 9.17) is 0 Å². The Hall–Kier alpha value is -2.42. The number of aromatic hydroxyl groups is 1. The molecule has 3 heteroatoms. The summed E-state index contributed by atoms with van der Waals surface area (Å²) in [5.74, 6) is -0.209. The van der Waals surface area contributed by atoms with Crippen LogP contribution in [0.5, 0.6) is 5.75 Å². The molecule has 22 heavy (non-hydrogen) atoms. The molecule has 1 fully saturated rings. The summed E-state index contributed by atoms with van der Waals surface area (Å²) < 4.78 is 0. The second-order valence-corrected chi connectivity index (χ2v) is 6.64. The number of phenols is 1. The minimum atomic E-state index is -0.285. The van der Waals surface area contributed by atoms with E-state index in [0.717, 1.165) is 10.8 Å². The lowest BCUT2D eigenvalue weighted by molar-refractivity contribution is -0.127. The fraction of sp³-hybridized carbons (Fsp3) is 0.263. The van der Waals surface area contributed by atoms with Crippen LogP contribution in [-0.2, 0) is 9.59 Å². The van der Waals surface area contributed by atoms with Gasteiger partial charge in [-0.25, -0.2) is 0 Å². The zero-order valence-corrected chi connectivity index (χ0v) is 12.7. The van der Waals surface area contributed by atoms with E-state index in [1.165, 1.54) is 0 Å². The third-order valence-electron chi connectivity index (χ3n) is 4.12. The number of Topliss-reactive ketones (excluding diaryl/α,β-unsaturated/α-hetero) is 2. The Balaban J connectivity index is 2.15. The van der Waals surface area contributed by atoms with Crippen LogP contribution in [0.4, 0.5) is 0 Å². The molecule has 0 atom stereocenters. The monoisotopic (exact) mass is 294 g/mol. The van der Waals surface area contributed by atoms with Gasteiger partial charge >= 0.3 is 0 Å². The van der Waals surface area contributed by atoms with Gasteiger partial charge in [0.25, 0.3) is 0 Å². The Labute approximate surface area is 129 Å². The van der Waals surface area contributed by atoms with Gasteiger partial charge < -0.3 is 5.11 Å². The van der Waals surface area contributed by atoms with Crippen molar-refractivity contribution < 1.29 is 14.7 Å². The lowest BCUT2D eigenvalue weighted by Crippen LogP contribution is -2.31. The van der Waals surface area contributed by atoms with Crippen molar-refractivity contribution >= 4 is 28.4 Å². The summed E-state index contributed by atoms with van der Waals surface area (Å²) in [4.78, 5) is 24.6. The molecule has 1 aliphatic carbocycles. The highest BCUT2D eigenvalue weighted by atomic mass is 16.3. The van der Waals surface area contributed by atoms with E-state index >= 15 is 0 Å². The highest BCUT2D eigenvalue weighted by Gasteiger charge is 2.35. The first kappa shape index (κ1) is 14.5. The van der Waals surface area contributed by atoms with E-state index in [0.29, 0.717) is 18.4 Å². The topological polar surface area (TPSA) is 54.4 Å². The predicted octanol–water partition coefficient (Wildman–Crippen LogP) is 3.89. The van der Waals surface area contributed by atoms with Crippen LogP contribution < -0.4 is 0 Å². The Morgan fingerprint density at radius 1 is 1.00 bits per heavy atom. The molecule has 1 aliphatic rings. The molecule has 1 saturated carbocycles. The van der Waals surface area contributed by atoms with Crippen molar-refractivity contribution in [1.29, 1.82) is 0 Å². The molecule has 112 valence electrons. The van der Waals surface area contributed by atoms with Gasteiger partial charge in [0.2, 0.25) is 0 Å². The van der Waals surface area contributed by atoms with E-state index < -0.39 is 0 Å². The highest BCUT2D eigenvalue weighted by Crippen LogP contribution is 2.36. The van der Waals surface area contributed by atoms with Crippen LogP contribution in [0, 0.1) is 5.41 Å². The molecule has 1 N–H and O–H groups in total. The van der Waals surface area contributed by atoms with Crippen molar-refractivity contribution in [3.63, 3.8) is 0 Å². The first-order valence-electron chi connectivity index (χ1n) is 7.36. The van der Waals surface area contributed by atoms with Gasteiger partial charge in [-0.15, -0.1) is 0 Å². The molecule has 0 saturated heterocycles. The van der Waals surface area contributed by atoms with Crippen molar-refractivity contribution in [2.45, 2.75) is 26.7 Å². The lowest BCUT2D eigenvalue weighted by atomic mass is 9.73. The largest absolute Gasteiger partial charge is 0.507 e. The molecule has 3 rings (SSSR count). The quantitative estimate of drug-likeness (QED) is 0.641. The van der Waals surface area contributed by atoms with Crippen LogP contribution in [0.2, 0.25) is 0 Å². The van der Waals surface area contributed by atoms with E-state index in [1.807, 2.05) is 44.2 Å². The van der Waals surface area contributed by atoms with Crippen LogP contribution in [-0.4, -0.2) is 16.7 Å². The molecule has 0 spiro atoms. The zero-order valence-electron chi connectivity index (χ0n) is 12.7. The van der Waals surface area contributed by atoms with Gasteiger partial charge in [-0.1, -0.05) is 44.2 Å². The second-order valence-electron chi connectivity index (χ2n) is 6.64. The van der Waals surface area contributed by atoms with Crippen molar-refractivity contribution in [2.75, 3.05) is 0 Å². The van der Waals surface area contributed by atoms with Crippen LogP contribution >= 0.6 is 0 Å². The smallest absolute Gasteiger partial charge is 0.167 e. The van der Waals surface area contributed by atoms with Crippen molar-refractivity contribution in [1.82, 2.24) is 0 Å².